The minimum absolute atomic E-state index is 0.284. The average molecular weight is 209 g/mol. The van der Waals surface area contributed by atoms with E-state index >= 15 is 0 Å². The molecular formula is C13H19FO. The maximum Gasteiger partial charge on any atom is 0.165 e. The fraction of sp³-hybridized carbons (Fsp3) is 0.538. The van der Waals surface area contributed by atoms with Crippen molar-refractivity contribution in [2.45, 2.75) is 33.6 Å². The maximum atomic E-state index is 13.1. The Balaban J connectivity index is 2.30. The first-order chi connectivity index (χ1) is 6.99. The fourth-order valence-electron chi connectivity index (χ4n) is 1.35. The van der Waals surface area contributed by atoms with Gasteiger partial charge in [-0.3, -0.25) is 0 Å². The van der Waals surface area contributed by atoms with Crippen molar-refractivity contribution in [1.82, 2.24) is 0 Å². The van der Waals surface area contributed by atoms with Crippen molar-refractivity contribution in [1.29, 1.82) is 0 Å². The van der Waals surface area contributed by atoms with E-state index in [0.717, 1.165) is 12.8 Å². The van der Waals surface area contributed by atoms with Gasteiger partial charge in [0, 0.05) is 0 Å². The van der Waals surface area contributed by atoms with E-state index in [0.29, 0.717) is 17.8 Å². The fourth-order valence-corrected chi connectivity index (χ4v) is 1.35. The van der Waals surface area contributed by atoms with Crippen LogP contribution < -0.4 is 4.74 Å². The normalized spacial score (nSPS) is 11.5. The summed E-state index contributed by atoms with van der Waals surface area (Å²) in [5.74, 6) is 0.0691. The highest BCUT2D eigenvalue weighted by Crippen LogP contribution is 2.21. The highest BCUT2D eigenvalue weighted by atomic mass is 18.2. The van der Waals surface area contributed by atoms with Gasteiger partial charge < -0.3 is 4.74 Å². The van der Waals surface area contributed by atoms with Gasteiger partial charge in [0.1, 0.15) is 0 Å². The third-order valence-corrected chi connectivity index (χ3v) is 2.17. The van der Waals surface area contributed by atoms with Gasteiger partial charge in [0.15, 0.2) is 11.6 Å². The molecule has 2 heteroatoms. The van der Waals surface area contributed by atoms with Crippen LogP contribution in [0, 0.1) is 11.2 Å². The maximum absolute atomic E-state index is 13.1. The summed E-state index contributed by atoms with van der Waals surface area (Å²) in [5, 5.41) is 0. The van der Waals surface area contributed by atoms with E-state index < -0.39 is 0 Å². The molecule has 0 bridgehead atoms. The number of hydrogen-bond acceptors (Lipinski definition) is 1. The molecule has 0 saturated carbocycles. The standard InChI is InChI=1S/C13H19FO/c1-13(2,3)9-6-10-15-12-8-5-4-7-11(12)14/h4-5,7-8H,6,9-10H2,1-3H3/i14-1. The SMILES string of the molecule is CC(C)(C)CCCOc1ccccc1[18F]. The lowest BCUT2D eigenvalue weighted by atomic mass is 9.91. The zero-order valence-corrected chi connectivity index (χ0v) is 9.72. The van der Waals surface area contributed by atoms with Gasteiger partial charge in [0.05, 0.1) is 6.61 Å². The van der Waals surface area contributed by atoms with Gasteiger partial charge in [-0.1, -0.05) is 32.9 Å². The monoisotopic (exact) mass is 209 g/mol. The number of halogens is 1. The summed E-state index contributed by atoms with van der Waals surface area (Å²) >= 11 is 0. The minimum Gasteiger partial charge on any atom is -0.491 e. The van der Waals surface area contributed by atoms with Gasteiger partial charge in [-0.2, -0.15) is 0 Å². The van der Waals surface area contributed by atoms with Crippen LogP contribution in [0.3, 0.4) is 0 Å². The predicted octanol–water partition coefficient (Wildman–Crippen LogP) is 4.03. The molecule has 1 nitrogen and oxygen atoms in total. The Labute approximate surface area is 91.3 Å². The summed E-state index contributed by atoms with van der Waals surface area (Å²) in [6.45, 7) is 7.15. The molecule has 0 atom stereocenters. The van der Waals surface area contributed by atoms with E-state index in [1.54, 1.807) is 18.2 Å². The van der Waals surface area contributed by atoms with Gasteiger partial charge in [-0.15, -0.1) is 0 Å². The zero-order valence-electron chi connectivity index (χ0n) is 9.72. The Hall–Kier alpha value is -1.05. The van der Waals surface area contributed by atoms with Crippen LogP contribution in [-0.4, -0.2) is 6.61 Å². The summed E-state index contributed by atoms with van der Waals surface area (Å²) in [5.41, 5.74) is 0.318. The molecule has 0 heterocycles. The predicted molar refractivity (Wildman–Crippen MR) is 60.6 cm³/mol. The topological polar surface area (TPSA) is 9.23 Å². The number of benzene rings is 1. The van der Waals surface area contributed by atoms with Crippen LogP contribution in [0.5, 0.6) is 5.75 Å². The number of hydrogen-bond donors (Lipinski definition) is 0. The molecule has 1 aromatic rings. The Morgan fingerprint density at radius 2 is 1.87 bits per heavy atom. The van der Waals surface area contributed by atoms with Gasteiger partial charge in [0.2, 0.25) is 0 Å². The van der Waals surface area contributed by atoms with Crippen molar-refractivity contribution < 1.29 is 9.13 Å². The van der Waals surface area contributed by atoms with E-state index in [1.165, 1.54) is 6.07 Å². The van der Waals surface area contributed by atoms with Crippen LogP contribution >= 0.6 is 0 Å². The van der Waals surface area contributed by atoms with E-state index in [4.69, 9.17) is 4.74 Å². The van der Waals surface area contributed by atoms with Crippen LogP contribution in [-0.2, 0) is 0 Å². The second-order valence-electron chi connectivity index (χ2n) is 4.94. The summed E-state index contributed by atoms with van der Waals surface area (Å²) in [4.78, 5) is 0. The number of ether oxygens (including phenoxy) is 1. The molecular weight excluding hydrogens is 190 g/mol. The quantitative estimate of drug-likeness (QED) is 0.680. The summed E-state index contributed by atoms with van der Waals surface area (Å²) in [7, 11) is 0. The molecule has 0 aromatic heterocycles. The third kappa shape index (κ3) is 4.82. The van der Waals surface area contributed by atoms with Gasteiger partial charge in [0.25, 0.3) is 0 Å². The molecule has 0 aliphatic heterocycles. The molecule has 0 fully saturated rings. The first-order valence-corrected chi connectivity index (χ1v) is 5.36. The Morgan fingerprint density at radius 3 is 2.47 bits per heavy atom. The molecule has 15 heavy (non-hydrogen) atoms. The van der Waals surface area contributed by atoms with Crippen LogP contribution in [0.1, 0.15) is 33.6 Å². The van der Waals surface area contributed by atoms with E-state index in [1.807, 2.05) is 0 Å². The Morgan fingerprint density at radius 1 is 1.20 bits per heavy atom. The molecule has 0 spiro atoms. The lowest BCUT2D eigenvalue weighted by Gasteiger charge is -2.17. The van der Waals surface area contributed by atoms with Crippen molar-refractivity contribution in [2.24, 2.45) is 5.41 Å². The molecule has 0 saturated heterocycles. The first kappa shape index (κ1) is 12.0. The molecule has 0 N–H and O–H groups in total. The summed E-state index contributed by atoms with van der Waals surface area (Å²) in [6, 6.07) is 6.52. The molecule has 0 unspecified atom stereocenters. The highest BCUT2D eigenvalue weighted by molar-refractivity contribution is 5.23. The molecule has 1 aromatic carbocycles. The highest BCUT2D eigenvalue weighted by Gasteiger charge is 2.09. The zero-order chi connectivity index (χ0) is 11.3. The third-order valence-electron chi connectivity index (χ3n) is 2.17. The van der Waals surface area contributed by atoms with Crippen molar-refractivity contribution in [3.63, 3.8) is 0 Å². The average Bonchev–Trinajstić information content (AvgIpc) is 2.13. The Bertz CT molecular complexity index is 302. The molecule has 1 rings (SSSR count). The second kappa shape index (κ2) is 5.15. The Kier molecular flexibility index (Phi) is 4.13. The first-order valence-electron chi connectivity index (χ1n) is 5.36. The lowest BCUT2D eigenvalue weighted by Crippen LogP contribution is -2.08. The van der Waals surface area contributed by atoms with Crippen LogP contribution in [0.4, 0.5) is 4.39 Å². The van der Waals surface area contributed by atoms with Crippen LogP contribution in [0.15, 0.2) is 24.3 Å². The van der Waals surface area contributed by atoms with Gasteiger partial charge >= 0.3 is 0 Å². The van der Waals surface area contributed by atoms with Crippen molar-refractivity contribution in [3.8, 4) is 5.75 Å². The molecule has 0 aliphatic rings. The smallest absolute Gasteiger partial charge is 0.165 e. The molecule has 0 amide bonds. The van der Waals surface area contributed by atoms with Crippen molar-refractivity contribution in [3.05, 3.63) is 30.1 Å². The summed E-state index contributed by atoms with van der Waals surface area (Å²) in [6.07, 6.45) is 2.04. The molecule has 84 valence electrons. The number of para-hydroxylation sites is 1. The summed E-state index contributed by atoms with van der Waals surface area (Å²) < 4.78 is 18.5. The van der Waals surface area contributed by atoms with E-state index in [9.17, 15) is 4.39 Å². The number of rotatable bonds is 4. The van der Waals surface area contributed by atoms with Crippen molar-refractivity contribution in [2.75, 3.05) is 6.61 Å². The largest absolute Gasteiger partial charge is 0.491 e. The van der Waals surface area contributed by atoms with E-state index in [-0.39, 0.29) is 5.82 Å². The molecule has 0 aliphatic carbocycles. The van der Waals surface area contributed by atoms with Crippen molar-refractivity contribution >= 4 is 0 Å². The van der Waals surface area contributed by atoms with Crippen LogP contribution in [0.2, 0.25) is 0 Å². The van der Waals surface area contributed by atoms with Gasteiger partial charge in [-0.05, 0) is 30.4 Å². The van der Waals surface area contributed by atoms with Crippen LogP contribution in [0.25, 0.3) is 0 Å². The lowest BCUT2D eigenvalue weighted by molar-refractivity contribution is 0.260. The minimum atomic E-state index is -0.284. The van der Waals surface area contributed by atoms with E-state index in [2.05, 4.69) is 20.8 Å². The van der Waals surface area contributed by atoms with Gasteiger partial charge in [-0.25, -0.2) is 4.39 Å². The molecule has 0 radical (unpaired) electrons. The second-order valence-corrected chi connectivity index (χ2v) is 4.94.